The van der Waals surface area contributed by atoms with Crippen molar-refractivity contribution in [3.05, 3.63) is 59.8 Å². The van der Waals surface area contributed by atoms with E-state index in [0.29, 0.717) is 12.0 Å². The van der Waals surface area contributed by atoms with E-state index in [1.165, 1.54) is 30.2 Å². The second-order valence-corrected chi connectivity index (χ2v) is 10.6. The van der Waals surface area contributed by atoms with Crippen LogP contribution in [0.25, 0.3) is 0 Å². The van der Waals surface area contributed by atoms with Crippen LogP contribution in [0.4, 0.5) is 0 Å². The number of carbonyl (C=O) groups excluding carboxylic acids is 1. The molecule has 1 aromatic carbocycles. The van der Waals surface area contributed by atoms with Crippen molar-refractivity contribution in [2.75, 3.05) is 39.0 Å². The van der Waals surface area contributed by atoms with Gasteiger partial charge in [0, 0.05) is 38.4 Å². The van der Waals surface area contributed by atoms with E-state index < -0.39 is 0 Å². The van der Waals surface area contributed by atoms with Crippen LogP contribution in [0.3, 0.4) is 0 Å². The van der Waals surface area contributed by atoms with Crippen LogP contribution >= 0.6 is 11.8 Å². The molecule has 0 bridgehead atoms. The SMILES string of the molecule is CSc1ncccc1C(=O)N1CCN([C@H]2C[C@H]3C[C@@H](c4ccccc4)OC[C@@]3(C)C2)CC1. The van der Waals surface area contributed by atoms with Gasteiger partial charge in [-0.05, 0) is 54.5 Å². The predicted octanol–water partition coefficient (Wildman–Crippen LogP) is 4.51. The Morgan fingerprint density at radius 1 is 1.09 bits per heavy atom. The van der Waals surface area contributed by atoms with Crippen LogP contribution in [-0.2, 0) is 4.74 Å². The first-order valence-corrected chi connectivity index (χ1v) is 13.0. The molecule has 32 heavy (non-hydrogen) atoms. The zero-order chi connectivity index (χ0) is 22.1. The van der Waals surface area contributed by atoms with Crippen molar-refractivity contribution in [1.29, 1.82) is 0 Å². The Morgan fingerprint density at radius 2 is 1.88 bits per heavy atom. The number of fused-ring (bicyclic) bond motifs is 1. The number of hydrogen-bond acceptors (Lipinski definition) is 5. The summed E-state index contributed by atoms with van der Waals surface area (Å²) in [4.78, 5) is 22.1. The average Bonchev–Trinajstić information content (AvgIpc) is 3.20. The molecule has 0 radical (unpaired) electrons. The van der Waals surface area contributed by atoms with Crippen molar-refractivity contribution < 1.29 is 9.53 Å². The first-order chi connectivity index (χ1) is 15.6. The van der Waals surface area contributed by atoms with Gasteiger partial charge in [0.15, 0.2) is 0 Å². The molecule has 170 valence electrons. The first kappa shape index (κ1) is 21.9. The average molecular weight is 452 g/mol. The maximum Gasteiger partial charge on any atom is 0.256 e. The molecule has 0 spiro atoms. The van der Waals surface area contributed by atoms with Crippen molar-refractivity contribution in [1.82, 2.24) is 14.8 Å². The van der Waals surface area contributed by atoms with E-state index in [-0.39, 0.29) is 17.4 Å². The van der Waals surface area contributed by atoms with Crippen molar-refractivity contribution in [3.63, 3.8) is 0 Å². The molecule has 1 saturated carbocycles. The van der Waals surface area contributed by atoms with Crippen LogP contribution in [0.2, 0.25) is 0 Å². The van der Waals surface area contributed by atoms with E-state index in [4.69, 9.17) is 4.74 Å². The standard InChI is InChI=1S/C26H33N3O2S/c1-26-17-21(15-20(26)16-23(31-18-26)19-7-4-3-5-8-19)28-11-13-29(14-12-28)25(30)22-9-6-10-27-24(22)32-2/h3-10,20-21,23H,11-18H2,1-2H3/t20-,21-,23-,26+/m0/s1. The number of rotatable bonds is 4. The lowest BCUT2D eigenvalue weighted by atomic mass is 9.75. The Hall–Kier alpha value is -1.89. The van der Waals surface area contributed by atoms with Gasteiger partial charge in [-0.25, -0.2) is 4.98 Å². The van der Waals surface area contributed by atoms with E-state index >= 15 is 0 Å². The zero-order valence-electron chi connectivity index (χ0n) is 19.1. The number of thioether (sulfide) groups is 1. The zero-order valence-corrected chi connectivity index (χ0v) is 19.9. The summed E-state index contributed by atoms with van der Waals surface area (Å²) >= 11 is 1.54. The number of ether oxygens (including phenoxy) is 1. The predicted molar refractivity (Wildman–Crippen MR) is 128 cm³/mol. The third-order valence-electron chi connectivity index (χ3n) is 7.84. The number of carbonyl (C=O) groups is 1. The van der Waals surface area contributed by atoms with Gasteiger partial charge in [-0.15, -0.1) is 11.8 Å². The molecule has 0 unspecified atom stereocenters. The van der Waals surface area contributed by atoms with Crippen molar-refractivity contribution in [3.8, 4) is 0 Å². The van der Waals surface area contributed by atoms with Crippen LogP contribution in [0.1, 0.15) is 48.2 Å². The lowest BCUT2D eigenvalue weighted by Gasteiger charge is -2.40. The topological polar surface area (TPSA) is 45.7 Å². The monoisotopic (exact) mass is 451 g/mol. The lowest BCUT2D eigenvalue weighted by Crippen LogP contribution is -2.51. The van der Waals surface area contributed by atoms with E-state index in [9.17, 15) is 4.79 Å². The highest BCUT2D eigenvalue weighted by atomic mass is 32.2. The van der Waals surface area contributed by atoms with Crippen molar-refractivity contribution >= 4 is 17.7 Å². The molecule has 5 rings (SSSR count). The van der Waals surface area contributed by atoms with Crippen LogP contribution in [0.5, 0.6) is 0 Å². The molecule has 2 aromatic rings. The number of benzene rings is 1. The van der Waals surface area contributed by atoms with Gasteiger partial charge in [0.05, 0.1) is 18.3 Å². The van der Waals surface area contributed by atoms with Crippen LogP contribution in [0, 0.1) is 11.3 Å². The molecule has 4 atom stereocenters. The van der Waals surface area contributed by atoms with E-state index in [1.54, 1.807) is 6.20 Å². The molecule has 2 aliphatic heterocycles. The molecule has 6 heteroatoms. The quantitative estimate of drug-likeness (QED) is 0.640. The lowest BCUT2D eigenvalue weighted by molar-refractivity contribution is -0.0819. The van der Waals surface area contributed by atoms with Crippen LogP contribution in [0.15, 0.2) is 53.7 Å². The minimum atomic E-state index is 0.119. The Bertz CT molecular complexity index is 947. The number of piperazine rings is 1. The summed E-state index contributed by atoms with van der Waals surface area (Å²) in [5, 5.41) is 0.820. The maximum absolute atomic E-state index is 13.1. The van der Waals surface area contributed by atoms with Gasteiger partial charge in [-0.1, -0.05) is 37.3 Å². The molecule has 0 N–H and O–H groups in total. The summed E-state index contributed by atoms with van der Waals surface area (Å²) in [6.45, 7) is 6.77. The summed E-state index contributed by atoms with van der Waals surface area (Å²) in [6.07, 6.45) is 7.53. The van der Waals surface area contributed by atoms with Gasteiger partial charge >= 0.3 is 0 Å². The summed E-state index contributed by atoms with van der Waals surface area (Å²) in [6, 6.07) is 15.0. The molecule has 3 fully saturated rings. The molecule has 5 nitrogen and oxygen atoms in total. The minimum absolute atomic E-state index is 0.119. The highest BCUT2D eigenvalue weighted by Gasteiger charge is 2.49. The summed E-state index contributed by atoms with van der Waals surface area (Å²) < 4.78 is 6.36. The Morgan fingerprint density at radius 3 is 2.62 bits per heavy atom. The van der Waals surface area contributed by atoms with E-state index in [1.807, 2.05) is 23.3 Å². The first-order valence-electron chi connectivity index (χ1n) is 11.8. The number of nitrogens with zero attached hydrogens (tertiary/aromatic N) is 3. The van der Waals surface area contributed by atoms with Crippen molar-refractivity contribution in [2.24, 2.45) is 11.3 Å². The summed E-state index contributed by atoms with van der Waals surface area (Å²) in [5.74, 6) is 0.818. The summed E-state index contributed by atoms with van der Waals surface area (Å²) in [7, 11) is 0. The number of pyridine rings is 1. The molecule has 3 aliphatic rings. The Balaban J connectivity index is 1.19. The molecule has 2 saturated heterocycles. The second-order valence-electron chi connectivity index (χ2n) is 9.78. The highest BCUT2D eigenvalue weighted by molar-refractivity contribution is 7.98. The Labute approximate surface area is 195 Å². The van der Waals surface area contributed by atoms with Crippen molar-refractivity contribution in [2.45, 2.75) is 43.4 Å². The van der Waals surface area contributed by atoms with Gasteiger partial charge in [0.2, 0.25) is 0 Å². The van der Waals surface area contributed by atoms with Gasteiger partial charge in [-0.3, -0.25) is 9.69 Å². The number of aromatic nitrogens is 1. The minimum Gasteiger partial charge on any atom is -0.373 e. The van der Waals surface area contributed by atoms with E-state index in [2.05, 4.69) is 47.1 Å². The second kappa shape index (κ2) is 9.16. The van der Waals surface area contributed by atoms with Gasteiger partial charge < -0.3 is 9.64 Å². The Kier molecular flexibility index (Phi) is 6.28. The largest absolute Gasteiger partial charge is 0.373 e. The van der Waals surface area contributed by atoms with Crippen LogP contribution < -0.4 is 0 Å². The molecule has 1 aliphatic carbocycles. The van der Waals surface area contributed by atoms with Crippen LogP contribution in [-0.4, -0.2) is 65.8 Å². The number of amides is 1. The smallest absolute Gasteiger partial charge is 0.256 e. The van der Waals surface area contributed by atoms with E-state index in [0.717, 1.165) is 49.8 Å². The molecular formula is C26H33N3O2S. The maximum atomic E-state index is 13.1. The fourth-order valence-corrected chi connectivity index (χ4v) is 6.47. The fraction of sp³-hybridized carbons (Fsp3) is 0.538. The van der Waals surface area contributed by atoms with Gasteiger partial charge in [0.25, 0.3) is 5.91 Å². The third-order valence-corrected chi connectivity index (χ3v) is 8.55. The molecule has 3 heterocycles. The number of hydrogen-bond donors (Lipinski definition) is 0. The molecule has 1 aromatic heterocycles. The van der Waals surface area contributed by atoms with Gasteiger partial charge in [0.1, 0.15) is 5.03 Å². The molecule has 1 amide bonds. The molecular weight excluding hydrogens is 418 g/mol. The fourth-order valence-electron chi connectivity index (χ4n) is 5.93. The third kappa shape index (κ3) is 4.20. The normalized spacial score (nSPS) is 30.8. The highest BCUT2D eigenvalue weighted by Crippen LogP contribution is 2.53. The summed E-state index contributed by atoms with van der Waals surface area (Å²) in [5.41, 5.74) is 2.31. The van der Waals surface area contributed by atoms with Gasteiger partial charge in [-0.2, -0.15) is 0 Å².